The molecule has 2 aromatic carbocycles. The Morgan fingerprint density at radius 2 is 1.96 bits per heavy atom. The molecular weight excluding hydrogens is 328 g/mol. The lowest BCUT2D eigenvalue weighted by Crippen LogP contribution is -2.14. The molecular formula is C20H22N4O2. The van der Waals surface area contributed by atoms with Crippen LogP contribution in [-0.4, -0.2) is 26.0 Å². The molecule has 0 fully saturated rings. The number of aryl methyl sites for hydroxylation is 1. The number of hydrogen-bond acceptors (Lipinski definition) is 4. The van der Waals surface area contributed by atoms with Gasteiger partial charge in [0.1, 0.15) is 0 Å². The first kappa shape index (κ1) is 17.8. The van der Waals surface area contributed by atoms with Crippen molar-refractivity contribution in [2.75, 3.05) is 5.32 Å². The highest BCUT2D eigenvalue weighted by molar-refractivity contribution is 6.03. The van der Waals surface area contributed by atoms with Crippen molar-refractivity contribution in [3.8, 4) is 5.69 Å². The molecule has 0 spiro atoms. The van der Waals surface area contributed by atoms with E-state index in [1.54, 1.807) is 29.8 Å². The number of hydrogen-bond donors (Lipinski definition) is 2. The highest BCUT2D eigenvalue weighted by Crippen LogP contribution is 2.19. The van der Waals surface area contributed by atoms with E-state index in [1.165, 1.54) is 5.56 Å². The Bertz CT molecular complexity index is 914. The molecule has 6 nitrogen and oxygen atoms in total. The number of amides is 1. The second kappa shape index (κ2) is 7.49. The van der Waals surface area contributed by atoms with E-state index in [0.717, 1.165) is 17.7 Å². The van der Waals surface area contributed by atoms with Crippen molar-refractivity contribution in [2.24, 2.45) is 0 Å². The van der Waals surface area contributed by atoms with Crippen molar-refractivity contribution >= 4 is 11.6 Å². The molecule has 0 aliphatic rings. The van der Waals surface area contributed by atoms with E-state index in [4.69, 9.17) is 0 Å². The lowest BCUT2D eigenvalue weighted by molar-refractivity contribution is 0.102. The molecule has 3 aromatic rings. The van der Waals surface area contributed by atoms with Crippen LogP contribution in [0.5, 0.6) is 0 Å². The molecule has 6 heteroatoms. The maximum absolute atomic E-state index is 12.6. The molecule has 0 saturated heterocycles. The van der Waals surface area contributed by atoms with Gasteiger partial charge in [-0.3, -0.25) is 4.79 Å². The fourth-order valence-corrected chi connectivity index (χ4v) is 2.72. The van der Waals surface area contributed by atoms with Crippen molar-refractivity contribution in [3.05, 3.63) is 71.0 Å². The third kappa shape index (κ3) is 3.65. The monoisotopic (exact) mass is 350 g/mol. The van der Waals surface area contributed by atoms with Gasteiger partial charge in [-0.25, -0.2) is 4.68 Å². The van der Waals surface area contributed by atoms with Crippen LogP contribution in [0.1, 0.15) is 47.3 Å². The fraction of sp³-hybridized carbons (Fsp3) is 0.250. The standard InChI is InChI=1S/C20H22N4O2/c1-4-15-8-10-18(11-9-15)24-13(2)19(22-23-24)20(26)21-17-7-5-6-16(12-17)14(3)25/h5-12,14,25H,4H2,1-3H3,(H,21,26)/t14-/m0/s1. The summed E-state index contributed by atoms with van der Waals surface area (Å²) in [6, 6.07) is 15.1. The highest BCUT2D eigenvalue weighted by Gasteiger charge is 2.17. The molecule has 3 rings (SSSR count). The molecule has 1 aromatic heterocycles. The molecule has 0 bridgehead atoms. The maximum Gasteiger partial charge on any atom is 0.278 e. The number of aromatic nitrogens is 3. The van der Waals surface area contributed by atoms with Gasteiger partial charge in [-0.05, 0) is 55.7 Å². The molecule has 1 atom stereocenters. The molecule has 0 radical (unpaired) electrons. The van der Waals surface area contributed by atoms with Crippen LogP contribution in [0.15, 0.2) is 48.5 Å². The van der Waals surface area contributed by atoms with Crippen LogP contribution >= 0.6 is 0 Å². The summed E-state index contributed by atoms with van der Waals surface area (Å²) in [5.41, 5.74) is 4.38. The second-order valence-corrected chi connectivity index (χ2v) is 6.21. The predicted molar refractivity (Wildman–Crippen MR) is 101 cm³/mol. The third-order valence-electron chi connectivity index (χ3n) is 4.33. The molecule has 134 valence electrons. The van der Waals surface area contributed by atoms with Crippen LogP contribution in [0.2, 0.25) is 0 Å². The SMILES string of the molecule is CCc1ccc(-n2nnc(C(=O)Nc3cccc([C@H](C)O)c3)c2C)cc1. The van der Waals surface area contributed by atoms with E-state index >= 15 is 0 Å². The van der Waals surface area contributed by atoms with E-state index in [9.17, 15) is 9.90 Å². The summed E-state index contributed by atoms with van der Waals surface area (Å²) in [7, 11) is 0. The minimum absolute atomic E-state index is 0.270. The minimum Gasteiger partial charge on any atom is -0.389 e. The first-order chi connectivity index (χ1) is 12.5. The Morgan fingerprint density at radius 3 is 2.62 bits per heavy atom. The quantitative estimate of drug-likeness (QED) is 0.739. The summed E-state index contributed by atoms with van der Waals surface area (Å²) < 4.78 is 1.65. The summed E-state index contributed by atoms with van der Waals surface area (Å²) in [6.45, 7) is 5.60. The van der Waals surface area contributed by atoms with E-state index in [-0.39, 0.29) is 11.6 Å². The van der Waals surface area contributed by atoms with Crippen LogP contribution in [0.25, 0.3) is 5.69 Å². The van der Waals surface area contributed by atoms with Crippen LogP contribution in [0.3, 0.4) is 0 Å². The van der Waals surface area contributed by atoms with Gasteiger partial charge >= 0.3 is 0 Å². The van der Waals surface area contributed by atoms with Crippen molar-refractivity contribution in [1.82, 2.24) is 15.0 Å². The lowest BCUT2D eigenvalue weighted by atomic mass is 10.1. The molecule has 0 aliphatic heterocycles. The van der Waals surface area contributed by atoms with Crippen LogP contribution in [0.4, 0.5) is 5.69 Å². The van der Waals surface area contributed by atoms with Crippen molar-refractivity contribution in [3.63, 3.8) is 0 Å². The van der Waals surface area contributed by atoms with Gasteiger partial charge in [-0.1, -0.05) is 36.4 Å². The van der Waals surface area contributed by atoms with Crippen molar-refractivity contribution in [1.29, 1.82) is 0 Å². The summed E-state index contributed by atoms with van der Waals surface area (Å²) in [4.78, 5) is 12.6. The van der Waals surface area contributed by atoms with E-state index in [2.05, 4.69) is 22.6 Å². The Kier molecular flexibility index (Phi) is 5.14. The normalized spacial score (nSPS) is 12.0. The number of aliphatic hydroxyl groups excluding tert-OH is 1. The van der Waals surface area contributed by atoms with E-state index in [1.807, 2.05) is 37.3 Å². The molecule has 1 heterocycles. The van der Waals surface area contributed by atoms with Gasteiger partial charge in [0, 0.05) is 5.69 Å². The molecule has 0 aliphatic carbocycles. The summed E-state index contributed by atoms with van der Waals surface area (Å²) >= 11 is 0. The topological polar surface area (TPSA) is 80.0 Å². The van der Waals surface area contributed by atoms with Crippen LogP contribution < -0.4 is 5.32 Å². The first-order valence-electron chi connectivity index (χ1n) is 8.60. The fourth-order valence-electron chi connectivity index (χ4n) is 2.72. The zero-order valence-corrected chi connectivity index (χ0v) is 15.1. The van der Waals surface area contributed by atoms with Gasteiger partial charge in [0.15, 0.2) is 5.69 Å². The smallest absolute Gasteiger partial charge is 0.278 e. The number of rotatable bonds is 5. The van der Waals surface area contributed by atoms with Crippen LogP contribution in [-0.2, 0) is 6.42 Å². The largest absolute Gasteiger partial charge is 0.389 e. The Hall–Kier alpha value is -2.99. The number of nitrogens with zero attached hydrogens (tertiary/aromatic N) is 3. The van der Waals surface area contributed by atoms with Crippen molar-refractivity contribution in [2.45, 2.75) is 33.3 Å². The van der Waals surface area contributed by atoms with Gasteiger partial charge in [-0.15, -0.1) is 5.10 Å². The maximum atomic E-state index is 12.6. The van der Waals surface area contributed by atoms with Gasteiger partial charge in [0.2, 0.25) is 0 Å². The number of aliphatic hydroxyl groups is 1. The number of carbonyl (C=O) groups excluding carboxylic acids is 1. The number of benzene rings is 2. The van der Waals surface area contributed by atoms with Crippen molar-refractivity contribution < 1.29 is 9.90 Å². The van der Waals surface area contributed by atoms with Gasteiger partial charge in [-0.2, -0.15) is 0 Å². The zero-order valence-electron chi connectivity index (χ0n) is 15.1. The number of carbonyl (C=O) groups is 1. The Balaban J connectivity index is 1.82. The summed E-state index contributed by atoms with van der Waals surface area (Å²) in [5, 5.41) is 20.6. The molecule has 1 amide bonds. The molecule has 26 heavy (non-hydrogen) atoms. The third-order valence-corrected chi connectivity index (χ3v) is 4.33. The summed E-state index contributed by atoms with van der Waals surface area (Å²) in [5.74, 6) is -0.332. The number of anilines is 1. The minimum atomic E-state index is -0.597. The molecule has 0 saturated carbocycles. The van der Waals surface area contributed by atoms with E-state index < -0.39 is 6.10 Å². The Morgan fingerprint density at radius 1 is 1.23 bits per heavy atom. The van der Waals surface area contributed by atoms with Gasteiger partial charge in [0.05, 0.1) is 17.5 Å². The van der Waals surface area contributed by atoms with E-state index in [0.29, 0.717) is 11.4 Å². The predicted octanol–water partition coefficient (Wildman–Crippen LogP) is 3.44. The number of nitrogens with one attached hydrogen (secondary N) is 1. The zero-order chi connectivity index (χ0) is 18.7. The Labute approximate surface area is 152 Å². The highest BCUT2D eigenvalue weighted by atomic mass is 16.3. The first-order valence-corrected chi connectivity index (χ1v) is 8.60. The van der Waals surface area contributed by atoms with Gasteiger partial charge in [0.25, 0.3) is 5.91 Å². The average molecular weight is 350 g/mol. The summed E-state index contributed by atoms with van der Waals surface area (Å²) in [6.07, 6.45) is 0.371. The lowest BCUT2D eigenvalue weighted by Gasteiger charge is -2.09. The van der Waals surface area contributed by atoms with Gasteiger partial charge < -0.3 is 10.4 Å². The van der Waals surface area contributed by atoms with Crippen LogP contribution in [0, 0.1) is 6.92 Å². The average Bonchev–Trinajstić information content (AvgIpc) is 3.03. The molecule has 0 unspecified atom stereocenters. The second-order valence-electron chi connectivity index (χ2n) is 6.21. The molecule has 2 N–H and O–H groups in total.